The zero-order valence-electron chi connectivity index (χ0n) is 26.3. The molecule has 2 aromatic rings. The number of halogens is 2. The second kappa shape index (κ2) is 13.0. The summed E-state index contributed by atoms with van der Waals surface area (Å²) in [5.74, 6) is -1.86. The molecule has 0 aliphatic carbocycles. The maximum absolute atomic E-state index is 14.3. The molecule has 0 spiro atoms. The van der Waals surface area contributed by atoms with Crippen LogP contribution in [0.5, 0.6) is 0 Å². The van der Waals surface area contributed by atoms with Gasteiger partial charge in [0.05, 0.1) is 6.04 Å². The number of benzene rings is 1. The number of likely N-dealkylation sites (tertiary alicyclic amines) is 1. The van der Waals surface area contributed by atoms with Crippen LogP contribution < -0.4 is 5.32 Å². The van der Waals surface area contributed by atoms with Crippen molar-refractivity contribution in [3.63, 3.8) is 0 Å². The fourth-order valence-electron chi connectivity index (χ4n) is 6.78. The lowest BCUT2D eigenvalue weighted by Gasteiger charge is -2.39. The van der Waals surface area contributed by atoms with E-state index < -0.39 is 42.7 Å². The van der Waals surface area contributed by atoms with Crippen LogP contribution in [0.1, 0.15) is 62.0 Å². The first-order valence-electron chi connectivity index (χ1n) is 15.5. The number of carbonyl (C=O) groups is 5. The molecule has 47 heavy (non-hydrogen) atoms. The minimum absolute atomic E-state index is 0.0211. The Morgan fingerprint density at radius 1 is 1.06 bits per heavy atom. The number of hydrogen-bond donors (Lipinski definition) is 4. The zero-order valence-corrected chi connectivity index (χ0v) is 27.2. The number of nitrogens with zero attached hydrogens (tertiary/aromatic N) is 4. The van der Waals surface area contributed by atoms with Gasteiger partial charge in [-0.3, -0.25) is 28.5 Å². The summed E-state index contributed by atoms with van der Waals surface area (Å²) in [6.07, 6.45) is 2.36. The average molecular weight is 681 g/mol. The standard InChI is InChI=1S/C30H39F2N6O8P/c1-4-26(40)35(3)21-10-12-37(15-21)29(43)25-8-6-20-9-11-36(17(2)39)16-24(28(42)38(20)25)34-27(41)23-14-18-13-19(5-7-22(18)33-23)30(31,32)47(44,45)46/h5,7,13-14,20-21,24-25,33H,4,6,8-12,15-16H2,1-3H3,(H,34,41)(H2,44,45,46)/t20-,21-,24?,25+/m1/s1. The number of H-pyrrole nitrogens is 1. The molecule has 0 bridgehead atoms. The summed E-state index contributed by atoms with van der Waals surface area (Å²) in [5.41, 5.74) is -5.25. The Kier molecular flexibility index (Phi) is 9.50. The topological polar surface area (TPSA) is 184 Å². The van der Waals surface area contributed by atoms with Crippen molar-refractivity contribution in [2.75, 3.05) is 33.2 Å². The highest BCUT2D eigenvalue weighted by atomic mass is 31.2. The molecule has 17 heteroatoms. The van der Waals surface area contributed by atoms with E-state index in [1.807, 2.05) is 0 Å². The van der Waals surface area contributed by atoms with Crippen LogP contribution in [0.25, 0.3) is 10.9 Å². The summed E-state index contributed by atoms with van der Waals surface area (Å²) in [6, 6.07) is 1.61. The quantitative estimate of drug-likeness (QED) is 0.318. The van der Waals surface area contributed by atoms with Crippen molar-refractivity contribution in [3.05, 3.63) is 35.5 Å². The molecule has 4 atom stereocenters. The van der Waals surface area contributed by atoms with Crippen molar-refractivity contribution in [1.82, 2.24) is 29.9 Å². The normalized spacial score (nSPS) is 23.8. The number of aromatic amines is 1. The Hall–Kier alpha value is -3.88. The van der Waals surface area contributed by atoms with Crippen molar-refractivity contribution in [3.8, 4) is 0 Å². The second-order valence-electron chi connectivity index (χ2n) is 12.4. The van der Waals surface area contributed by atoms with Crippen LogP contribution >= 0.6 is 7.60 Å². The van der Waals surface area contributed by atoms with Gasteiger partial charge in [0, 0.05) is 69.1 Å². The molecular formula is C30H39F2N6O8P. The SMILES string of the molecule is CCC(=O)N(C)[C@@H]1CCN(C(=O)[C@@H]2CC[C@@H]3CCN(C(C)=O)CC(NC(=O)c4cc5cc(C(F)(F)P(=O)(O)O)ccc5[nH]4)C(=O)N32)C1. The lowest BCUT2D eigenvalue weighted by atomic mass is 10.1. The van der Waals surface area contributed by atoms with Gasteiger partial charge < -0.3 is 39.7 Å². The highest BCUT2D eigenvalue weighted by Gasteiger charge is 2.51. The molecule has 5 rings (SSSR count). The van der Waals surface area contributed by atoms with Crippen LogP contribution in [0.4, 0.5) is 8.78 Å². The number of fused-ring (bicyclic) bond motifs is 2. The lowest BCUT2D eigenvalue weighted by Crippen LogP contribution is -2.61. The molecule has 4 heterocycles. The largest absolute Gasteiger partial charge is 0.399 e. The van der Waals surface area contributed by atoms with Gasteiger partial charge in [0.1, 0.15) is 17.8 Å². The first-order valence-corrected chi connectivity index (χ1v) is 17.1. The third-order valence-electron chi connectivity index (χ3n) is 9.52. The Bertz CT molecular complexity index is 1640. The molecular weight excluding hydrogens is 641 g/mol. The number of aromatic nitrogens is 1. The maximum Gasteiger partial charge on any atom is 0.399 e. The van der Waals surface area contributed by atoms with Crippen molar-refractivity contribution in [2.24, 2.45) is 0 Å². The van der Waals surface area contributed by atoms with Crippen molar-refractivity contribution < 1.29 is 47.1 Å². The molecule has 5 amide bonds. The van der Waals surface area contributed by atoms with Crippen molar-refractivity contribution >= 4 is 48.0 Å². The number of alkyl halides is 2. The van der Waals surface area contributed by atoms with Crippen LogP contribution in [0.2, 0.25) is 0 Å². The molecule has 3 aliphatic heterocycles. The van der Waals surface area contributed by atoms with E-state index in [0.717, 1.165) is 18.2 Å². The van der Waals surface area contributed by atoms with E-state index in [0.29, 0.717) is 51.7 Å². The first kappa shape index (κ1) is 34.5. The molecule has 4 N–H and O–H groups in total. The van der Waals surface area contributed by atoms with Gasteiger partial charge in [0.2, 0.25) is 23.6 Å². The summed E-state index contributed by atoms with van der Waals surface area (Å²) in [5, 5.41) is 2.73. The molecule has 1 aromatic carbocycles. The first-order chi connectivity index (χ1) is 22.0. The van der Waals surface area contributed by atoms with Crippen molar-refractivity contribution in [1.29, 1.82) is 0 Å². The van der Waals surface area contributed by atoms with E-state index >= 15 is 0 Å². The average Bonchev–Trinajstić information content (AvgIpc) is 3.77. The third kappa shape index (κ3) is 6.63. The molecule has 1 unspecified atom stereocenters. The second-order valence-corrected chi connectivity index (χ2v) is 14.1. The maximum atomic E-state index is 14.3. The van der Waals surface area contributed by atoms with Gasteiger partial charge in [-0.1, -0.05) is 13.0 Å². The van der Waals surface area contributed by atoms with Gasteiger partial charge in [-0.25, -0.2) is 0 Å². The van der Waals surface area contributed by atoms with Gasteiger partial charge >= 0.3 is 13.3 Å². The Labute approximate surface area is 269 Å². The third-order valence-corrected chi connectivity index (χ3v) is 10.5. The van der Waals surface area contributed by atoms with Gasteiger partial charge in [-0.2, -0.15) is 8.78 Å². The van der Waals surface area contributed by atoms with Gasteiger partial charge in [-0.05, 0) is 43.9 Å². The molecule has 256 valence electrons. The summed E-state index contributed by atoms with van der Waals surface area (Å²) in [7, 11) is -4.10. The van der Waals surface area contributed by atoms with E-state index in [1.54, 1.807) is 23.8 Å². The number of carbonyl (C=O) groups excluding carboxylic acids is 5. The molecule has 0 radical (unpaired) electrons. The van der Waals surface area contributed by atoms with Crippen LogP contribution in [-0.2, 0) is 29.4 Å². The number of amides is 5. The number of likely N-dealkylation sites (N-methyl/N-ethyl adjacent to an activating group) is 1. The molecule has 1 aromatic heterocycles. The van der Waals surface area contributed by atoms with E-state index in [2.05, 4.69) is 10.3 Å². The highest BCUT2D eigenvalue weighted by molar-refractivity contribution is 7.52. The Morgan fingerprint density at radius 3 is 2.43 bits per heavy atom. The zero-order chi connectivity index (χ0) is 34.4. The minimum Gasteiger partial charge on any atom is -0.351 e. The molecule has 3 fully saturated rings. The Morgan fingerprint density at radius 2 is 1.77 bits per heavy atom. The highest BCUT2D eigenvalue weighted by Crippen LogP contribution is 2.59. The van der Waals surface area contributed by atoms with Crippen LogP contribution in [-0.4, -0.2) is 121 Å². The van der Waals surface area contributed by atoms with E-state index in [-0.39, 0.29) is 52.9 Å². The van der Waals surface area contributed by atoms with Crippen LogP contribution in [0.3, 0.4) is 0 Å². The molecule has 0 saturated carbocycles. The minimum atomic E-state index is -5.82. The monoisotopic (exact) mass is 680 g/mol. The number of nitrogens with one attached hydrogen (secondary N) is 2. The van der Waals surface area contributed by atoms with Gasteiger partial charge in [0.15, 0.2) is 0 Å². The fraction of sp³-hybridized carbons (Fsp3) is 0.567. The van der Waals surface area contributed by atoms with Gasteiger partial charge in [-0.15, -0.1) is 0 Å². The predicted octanol–water partition coefficient (Wildman–Crippen LogP) is 1.57. The Balaban J connectivity index is 1.37. The number of rotatable bonds is 7. The summed E-state index contributed by atoms with van der Waals surface area (Å²) in [4.78, 5) is 93.4. The van der Waals surface area contributed by atoms with E-state index in [9.17, 15) is 37.3 Å². The molecule has 3 aliphatic rings. The summed E-state index contributed by atoms with van der Waals surface area (Å²) in [6.45, 7) is 4.07. The van der Waals surface area contributed by atoms with Gasteiger partial charge in [0.25, 0.3) is 5.91 Å². The predicted molar refractivity (Wildman–Crippen MR) is 164 cm³/mol. The summed E-state index contributed by atoms with van der Waals surface area (Å²) < 4.78 is 40.0. The van der Waals surface area contributed by atoms with Crippen LogP contribution in [0.15, 0.2) is 24.3 Å². The van der Waals surface area contributed by atoms with E-state index in [1.165, 1.54) is 22.8 Å². The fourth-order valence-corrected chi connectivity index (χ4v) is 7.25. The van der Waals surface area contributed by atoms with Crippen LogP contribution in [0, 0.1) is 0 Å². The summed E-state index contributed by atoms with van der Waals surface area (Å²) >= 11 is 0. The number of hydrogen-bond acceptors (Lipinski definition) is 6. The lowest BCUT2D eigenvalue weighted by molar-refractivity contribution is -0.148. The molecule has 3 saturated heterocycles. The van der Waals surface area contributed by atoms with Crippen molar-refractivity contribution in [2.45, 2.75) is 75.8 Å². The van der Waals surface area contributed by atoms with E-state index in [4.69, 9.17) is 9.79 Å². The molecule has 14 nitrogen and oxygen atoms in total. The smallest absolute Gasteiger partial charge is 0.351 e.